The number of carboxylic acids is 1. The highest BCUT2D eigenvalue weighted by Gasteiger charge is 2.31. The normalized spacial score (nSPS) is 20.8. The van der Waals surface area contributed by atoms with Crippen LogP contribution in [0.15, 0.2) is 60.9 Å². The Kier molecular flexibility index (Phi) is 5.88. The molecule has 0 unspecified atom stereocenters. The van der Waals surface area contributed by atoms with Crippen LogP contribution in [-0.4, -0.2) is 48.0 Å². The van der Waals surface area contributed by atoms with Crippen molar-refractivity contribution in [3.63, 3.8) is 0 Å². The standard InChI is InChI=1S/C24H23ClN4O4/c25-19-7-4-8-21-23(19)16(9-15-5-2-1-3-6-15)12-29(21)22-11-17(30)10-18(33-22)13-28-14-20(24(31)32)26-27-28/h1-8,12,14,17-18,22,30H,9-11,13H2,(H,31,32)/t17-,18-,22+/m0/s1. The number of carboxylic acid groups (broad SMARTS) is 1. The molecule has 170 valence electrons. The number of halogens is 1. The number of rotatable bonds is 6. The summed E-state index contributed by atoms with van der Waals surface area (Å²) in [6.45, 7) is 0.296. The lowest BCUT2D eigenvalue weighted by atomic mass is 10.0. The smallest absolute Gasteiger partial charge is 0.358 e. The molecule has 1 fully saturated rings. The summed E-state index contributed by atoms with van der Waals surface area (Å²) < 4.78 is 9.83. The van der Waals surface area contributed by atoms with Crippen LogP contribution in [0.1, 0.15) is 40.7 Å². The Morgan fingerprint density at radius 1 is 1.12 bits per heavy atom. The Labute approximate surface area is 195 Å². The lowest BCUT2D eigenvalue weighted by Crippen LogP contribution is -2.36. The van der Waals surface area contributed by atoms with E-state index in [-0.39, 0.29) is 11.8 Å². The van der Waals surface area contributed by atoms with Crippen molar-refractivity contribution in [3.8, 4) is 0 Å². The third-order valence-electron chi connectivity index (χ3n) is 5.94. The molecule has 0 aliphatic carbocycles. The van der Waals surface area contributed by atoms with Crippen LogP contribution >= 0.6 is 11.6 Å². The van der Waals surface area contributed by atoms with Gasteiger partial charge in [-0.2, -0.15) is 0 Å². The maximum absolute atomic E-state index is 11.1. The lowest BCUT2D eigenvalue weighted by Gasteiger charge is -2.34. The molecule has 3 heterocycles. The van der Waals surface area contributed by atoms with Gasteiger partial charge in [0.15, 0.2) is 5.69 Å². The van der Waals surface area contributed by atoms with Crippen LogP contribution in [0, 0.1) is 0 Å². The van der Waals surface area contributed by atoms with Crippen LogP contribution < -0.4 is 0 Å². The summed E-state index contributed by atoms with van der Waals surface area (Å²) in [6, 6.07) is 16.0. The predicted molar refractivity (Wildman–Crippen MR) is 122 cm³/mol. The molecule has 2 aromatic carbocycles. The summed E-state index contributed by atoms with van der Waals surface area (Å²) in [7, 11) is 0. The first-order chi connectivity index (χ1) is 16.0. The molecule has 2 N–H and O–H groups in total. The number of aliphatic hydroxyl groups is 1. The number of aromatic nitrogens is 4. The van der Waals surface area contributed by atoms with Crippen LogP contribution in [0.4, 0.5) is 0 Å². The quantitative estimate of drug-likeness (QED) is 0.446. The van der Waals surface area contributed by atoms with Gasteiger partial charge in [0, 0.05) is 24.4 Å². The molecule has 0 spiro atoms. The number of ether oxygens (including phenoxy) is 1. The van der Waals surface area contributed by atoms with Crippen molar-refractivity contribution in [3.05, 3.63) is 82.8 Å². The van der Waals surface area contributed by atoms with Gasteiger partial charge in [0.25, 0.3) is 0 Å². The monoisotopic (exact) mass is 466 g/mol. The van der Waals surface area contributed by atoms with Gasteiger partial charge in [0.1, 0.15) is 6.23 Å². The molecule has 0 radical (unpaired) electrons. The van der Waals surface area contributed by atoms with Crippen molar-refractivity contribution in [2.75, 3.05) is 0 Å². The SMILES string of the molecule is O=C(O)c1cn(C[C@@H]2C[C@H](O)C[C@H](n3cc(Cc4ccccc4)c4c(Cl)cccc43)O2)nn1. The van der Waals surface area contributed by atoms with Crippen molar-refractivity contribution in [1.29, 1.82) is 0 Å². The first-order valence-corrected chi connectivity index (χ1v) is 11.1. The Morgan fingerprint density at radius 3 is 2.70 bits per heavy atom. The Hall–Kier alpha value is -3.20. The van der Waals surface area contributed by atoms with Gasteiger partial charge < -0.3 is 19.5 Å². The predicted octanol–water partition coefficient (Wildman–Crippen LogP) is 3.91. The molecule has 1 aliphatic heterocycles. The summed E-state index contributed by atoms with van der Waals surface area (Å²) in [5, 5.41) is 28.8. The minimum atomic E-state index is -1.13. The molecule has 9 heteroatoms. The largest absolute Gasteiger partial charge is 0.476 e. The number of fused-ring (bicyclic) bond motifs is 1. The lowest BCUT2D eigenvalue weighted by molar-refractivity contribution is -0.132. The van der Waals surface area contributed by atoms with Crippen molar-refractivity contribution in [1.82, 2.24) is 19.6 Å². The third kappa shape index (κ3) is 4.50. The number of carbonyl (C=O) groups is 1. The minimum Gasteiger partial charge on any atom is -0.476 e. The second-order valence-corrected chi connectivity index (χ2v) is 8.73. The van der Waals surface area contributed by atoms with E-state index in [1.165, 1.54) is 16.4 Å². The first kappa shape index (κ1) is 21.6. The van der Waals surface area contributed by atoms with E-state index in [1.54, 1.807) is 0 Å². The Balaban J connectivity index is 1.45. The number of benzene rings is 2. The van der Waals surface area contributed by atoms with Crippen LogP contribution in [0.3, 0.4) is 0 Å². The van der Waals surface area contributed by atoms with Gasteiger partial charge in [0.2, 0.25) is 0 Å². The zero-order chi connectivity index (χ0) is 22.9. The van der Waals surface area contributed by atoms with Crippen LogP contribution in [0.2, 0.25) is 5.02 Å². The first-order valence-electron chi connectivity index (χ1n) is 10.8. The van der Waals surface area contributed by atoms with Gasteiger partial charge in [-0.05, 0) is 29.7 Å². The van der Waals surface area contributed by atoms with Crippen LogP contribution in [0.25, 0.3) is 10.9 Å². The van der Waals surface area contributed by atoms with Crippen molar-refractivity contribution in [2.45, 2.75) is 44.2 Å². The minimum absolute atomic E-state index is 0.125. The second kappa shape index (κ2) is 8.97. The molecule has 4 aromatic rings. The molecule has 5 rings (SSSR count). The zero-order valence-electron chi connectivity index (χ0n) is 17.7. The highest BCUT2D eigenvalue weighted by molar-refractivity contribution is 6.35. The third-order valence-corrected chi connectivity index (χ3v) is 6.26. The van der Waals surface area contributed by atoms with E-state index in [9.17, 15) is 9.90 Å². The highest BCUT2D eigenvalue weighted by atomic mass is 35.5. The van der Waals surface area contributed by atoms with E-state index < -0.39 is 18.3 Å². The number of aliphatic hydroxyl groups excluding tert-OH is 1. The van der Waals surface area contributed by atoms with Crippen LogP contribution in [0.5, 0.6) is 0 Å². The molecule has 0 amide bonds. The van der Waals surface area contributed by atoms with Crippen molar-refractivity contribution < 1.29 is 19.7 Å². The Bertz CT molecular complexity index is 1290. The number of hydrogen-bond acceptors (Lipinski definition) is 5. The van der Waals surface area contributed by atoms with E-state index in [0.29, 0.717) is 24.4 Å². The summed E-state index contributed by atoms with van der Waals surface area (Å²) in [5.41, 5.74) is 3.09. The molecule has 33 heavy (non-hydrogen) atoms. The Morgan fingerprint density at radius 2 is 1.94 bits per heavy atom. The summed E-state index contributed by atoms with van der Waals surface area (Å²) in [5.74, 6) is -1.13. The molecule has 2 aromatic heterocycles. The second-order valence-electron chi connectivity index (χ2n) is 8.33. The van der Waals surface area contributed by atoms with Crippen LogP contribution in [-0.2, 0) is 17.7 Å². The molecular weight excluding hydrogens is 444 g/mol. The van der Waals surface area contributed by atoms with Gasteiger partial charge in [0.05, 0.1) is 35.5 Å². The molecule has 1 aliphatic rings. The molecule has 0 bridgehead atoms. The van der Waals surface area contributed by atoms with E-state index in [0.717, 1.165) is 22.9 Å². The maximum Gasteiger partial charge on any atom is 0.358 e. The van der Waals surface area contributed by atoms with E-state index in [2.05, 4.69) is 28.6 Å². The number of hydrogen-bond donors (Lipinski definition) is 2. The fourth-order valence-corrected chi connectivity index (χ4v) is 4.78. The van der Waals surface area contributed by atoms with Gasteiger partial charge in [-0.15, -0.1) is 5.10 Å². The molecule has 8 nitrogen and oxygen atoms in total. The van der Waals surface area contributed by atoms with Gasteiger partial charge in [-0.3, -0.25) is 0 Å². The number of nitrogens with zero attached hydrogens (tertiary/aromatic N) is 4. The fraction of sp³-hybridized carbons (Fsp3) is 0.292. The van der Waals surface area contributed by atoms with Crippen molar-refractivity contribution >= 4 is 28.5 Å². The van der Waals surface area contributed by atoms with Crippen molar-refractivity contribution in [2.24, 2.45) is 0 Å². The number of aromatic carboxylic acids is 1. The molecule has 3 atom stereocenters. The average Bonchev–Trinajstić information content (AvgIpc) is 3.40. The average molecular weight is 467 g/mol. The highest BCUT2D eigenvalue weighted by Crippen LogP contribution is 2.36. The fourth-order valence-electron chi connectivity index (χ4n) is 4.49. The van der Waals surface area contributed by atoms with E-state index in [1.807, 2.05) is 41.0 Å². The topological polar surface area (TPSA) is 102 Å². The maximum atomic E-state index is 11.1. The van der Waals surface area contributed by atoms with E-state index >= 15 is 0 Å². The van der Waals surface area contributed by atoms with Gasteiger partial charge >= 0.3 is 5.97 Å². The molecule has 1 saturated heterocycles. The van der Waals surface area contributed by atoms with Gasteiger partial charge in [-0.1, -0.05) is 53.2 Å². The van der Waals surface area contributed by atoms with E-state index in [4.69, 9.17) is 21.4 Å². The molecule has 0 saturated carbocycles. The van der Waals surface area contributed by atoms with Gasteiger partial charge in [-0.25, -0.2) is 9.48 Å². The molecular formula is C24H23ClN4O4. The summed E-state index contributed by atoms with van der Waals surface area (Å²) in [6.07, 6.45) is 3.70. The zero-order valence-corrected chi connectivity index (χ0v) is 18.5. The summed E-state index contributed by atoms with van der Waals surface area (Å²) in [4.78, 5) is 11.1. The summed E-state index contributed by atoms with van der Waals surface area (Å²) >= 11 is 6.60.